The van der Waals surface area contributed by atoms with E-state index in [2.05, 4.69) is 5.10 Å². The lowest BCUT2D eigenvalue weighted by Gasteiger charge is -1.95. The Bertz CT molecular complexity index is 305. The van der Waals surface area contributed by atoms with Crippen molar-refractivity contribution in [1.82, 2.24) is 9.78 Å². The molecule has 13 heavy (non-hydrogen) atoms. The molecule has 0 radical (unpaired) electrons. The molecule has 0 saturated carbocycles. The largest absolute Gasteiger partial charge is 0.481 e. The molecule has 0 atom stereocenters. The van der Waals surface area contributed by atoms with Gasteiger partial charge in [-0.05, 0) is 12.0 Å². The Balaban J connectivity index is 2.69. The van der Waals surface area contributed by atoms with E-state index in [0.717, 1.165) is 17.7 Å². The monoisotopic (exact) mass is 182 g/mol. The van der Waals surface area contributed by atoms with Crippen molar-refractivity contribution in [1.29, 1.82) is 0 Å². The summed E-state index contributed by atoms with van der Waals surface area (Å²) in [6.45, 7) is 2.04. The molecule has 4 heteroatoms. The fraction of sp³-hybridized carbons (Fsp3) is 0.556. The van der Waals surface area contributed by atoms with Crippen LogP contribution in [0.1, 0.15) is 24.6 Å². The van der Waals surface area contributed by atoms with Gasteiger partial charge in [0.15, 0.2) is 0 Å². The van der Waals surface area contributed by atoms with Crippen LogP contribution < -0.4 is 0 Å². The number of carboxylic acids is 1. The molecule has 1 aromatic rings. The van der Waals surface area contributed by atoms with Crippen LogP contribution in [0.3, 0.4) is 0 Å². The van der Waals surface area contributed by atoms with E-state index in [4.69, 9.17) is 5.11 Å². The first-order valence-electron chi connectivity index (χ1n) is 4.36. The van der Waals surface area contributed by atoms with E-state index < -0.39 is 5.97 Å². The normalized spacial score (nSPS) is 10.3. The number of carboxylic acid groups (broad SMARTS) is 1. The molecule has 0 spiro atoms. The Labute approximate surface area is 77.2 Å². The van der Waals surface area contributed by atoms with E-state index in [-0.39, 0.29) is 6.42 Å². The predicted molar refractivity (Wildman–Crippen MR) is 48.5 cm³/mol. The minimum absolute atomic E-state index is 0.157. The van der Waals surface area contributed by atoms with Gasteiger partial charge in [0.2, 0.25) is 0 Å². The molecule has 1 aromatic heterocycles. The molecular formula is C9H14N2O2. The molecule has 0 aliphatic carbocycles. The predicted octanol–water partition coefficient (Wildman–Crippen LogP) is 1.000. The summed E-state index contributed by atoms with van der Waals surface area (Å²) >= 11 is 0. The van der Waals surface area contributed by atoms with Crippen molar-refractivity contribution in [3.8, 4) is 0 Å². The maximum Gasteiger partial charge on any atom is 0.303 e. The number of aryl methyl sites for hydroxylation is 3. The lowest BCUT2D eigenvalue weighted by Crippen LogP contribution is -2.00. The fourth-order valence-corrected chi connectivity index (χ4v) is 1.31. The maximum absolute atomic E-state index is 10.3. The van der Waals surface area contributed by atoms with Gasteiger partial charge in [0.1, 0.15) is 0 Å². The summed E-state index contributed by atoms with van der Waals surface area (Å²) in [5.74, 6) is -0.771. The van der Waals surface area contributed by atoms with Gasteiger partial charge in [-0.3, -0.25) is 9.48 Å². The van der Waals surface area contributed by atoms with Crippen molar-refractivity contribution in [3.05, 3.63) is 17.5 Å². The highest BCUT2D eigenvalue weighted by molar-refractivity contribution is 5.67. The highest BCUT2D eigenvalue weighted by Crippen LogP contribution is 2.09. The first-order valence-corrected chi connectivity index (χ1v) is 4.36. The SMILES string of the molecule is CCc1cn(C)nc1CCC(=O)O. The summed E-state index contributed by atoms with van der Waals surface area (Å²) in [7, 11) is 1.85. The van der Waals surface area contributed by atoms with Gasteiger partial charge in [-0.1, -0.05) is 6.92 Å². The maximum atomic E-state index is 10.3. The van der Waals surface area contributed by atoms with E-state index in [1.54, 1.807) is 4.68 Å². The molecule has 0 bridgehead atoms. The number of hydrogen-bond acceptors (Lipinski definition) is 2. The zero-order valence-electron chi connectivity index (χ0n) is 7.95. The standard InChI is InChI=1S/C9H14N2O2/c1-3-7-6-11(2)10-8(7)4-5-9(12)13/h6H,3-5H2,1-2H3,(H,12,13). The average molecular weight is 182 g/mol. The summed E-state index contributed by atoms with van der Waals surface area (Å²) in [6, 6.07) is 0. The Kier molecular flexibility index (Phi) is 3.06. The van der Waals surface area contributed by atoms with Crippen molar-refractivity contribution in [2.24, 2.45) is 7.05 Å². The second kappa shape index (κ2) is 4.07. The fourth-order valence-electron chi connectivity index (χ4n) is 1.31. The number of aromatic nitrogens is 2. The van der Waals surface area contributed by atoms with Gasteiger partial charge in [0.05, 0.1) is 12.1 Å². The number of hydrogen-bond donors (Lipinski definition) is 1. The van der Waals surface area contributed by atoms with Gasteiger partial charge >= 0.3 is 5.97 Å². The lowest BCUT2D eigenvalue weighted by molar-refractivity contribution is -0.136. The van der Waals surface area contributed by atoms with Gasteiger partial charge in [0, 0.05) is 19.7 Å². The molecule has 4 nitrogen and oxygen atoms in total. The third-order valence-electron chi connectivity index (χ3n) is 1.95. The smallest absolute Gasteiger partial charge is 0.303 e. The van der Waals surface area contributed by atoms with Crippen LogP contribution in [-0.4, -0.2) is 20.9 Å². The minimum atomic E-state index is -0.771. The molecule has 0 aliphatic rings. The molecule has 0 fully saturated rings. The van der Waals surface area contributed by atoms with Crippen LogP contribution in [0.2, 0.25) is 0 Å². The van der Waals surface area contributed by atoms with Crippen LogP contribution in [0.15, 0.2) is 6.20 Å². The van der Waals surface area contributed by atoms with Crippen molar-refractivity contribution < 1.29 is 9.90 Å². The van der Waals surface area contributed by atoms with Gasteiger partial charge in [-0.25, -0.2) is 0 Å². The number of rotatable bonds is 4. The van der Waals surface area contributed by atoms with Crippen molar-refractivity contribution in [2.75, 3.05) is 0 Å². The zero-order chi connectivity index (χ0) is 9.84. The Morgan fingerprint density at radius 3 is 2.92 bits per heavy atom. The summed E-state index contributed by atoms with van der Waals surface area (Å²) < 4.78 is 1.73. The summed E-state index contributed by atoms with van der Waals surface area (Å²) in [6.07, 6.45) is 3.53. The van der Waals surface area contributed by atoms with Crippen LogP contribution in [0.5, 0.6) is 0 Å². The second-order valence-corrected chi connectivity index (χ2v) is 3.02. The topological polar surface area (TPSA) is 55.1 Å². The number of nitrogens with zero attached hydrogens (tertiary/aromatic N) is 2. The quantitative estimate of drug-likeness (QED) is 0.755. The molecule has 0 aliphatic heterocycles. The minimum Gasteiger partial charge on any atom is -0.481 e. The van der Waals surface area contributed by atoms with Gasteiger partial charge in [0.25, 0.3) is 0 Å². The molecule has 1 rings (SSSR count). The van der Waals surface area contributed by atoms with E-state index in [1.807, 2.05) is 20.2 Å². The first kappa shape index (κ1) is 9.77. The van der Waals surface area contributed by atoms with E-state index >= 15 is 0 Å². The Morgan fingerprint density at radius 1 is 1.69 bits per heavy atom. The average Bonchev–Trinajstić information content (AvgIpc) is 2.42. The summed E-state index contributed by atoms with van der Waals surface area (Å²) in [5, 5.41) is 12.7. The second-order valence-electron chi connectivity index (χ2n) is 3.02. The van der Waals surface area contributed by atoms with Crippen molar-refractivity contribution >= 4 is 5.97 Å². The van der Waals surface area contributed by atoms with Gasteiger partial charge < -0.3 is 5.11 Å². The van der Waals surface area contributed by atoms with Crippen LogP contribution in [0.4, 0.5) is 0 Å². The summed E-state index contributed by atoms with van der Waals surface area (Å²) in [5.41, 5.74) is 2.05. The highest BCUT2D eigenvalue weighted by Gasteiger charge is 2.07. The van der Waals surface area contributed by atoms with Gasteiger partial charge in [-0.2, -0.15) is 5.10 Å². The highest BCUT2D eigenvalue weighted by atomic mass is 16.4. The number of carbonyl (C=O) groups is 1. The molecule has 0 saturated heterocycles. The van der Waals surface area contributed by atoms with E-state index in [1.165, 1.54) is 0 Å². The Hall–Kier alpha value is -1.32. The lowest BCUT2D eigenvalue weighted by atomic mass is 10.1. The van der Waals surface area contributed by atoms with Crippen molar-refractivity contribution in [2.45, 2.75) is 26.2 Å². The van der Waals surface area contributed by atoms with Crippen LogP contribution in [0, 0.1) is 0 Å². The van der Waals surface area contributed by atoms with Crippen LogP contribution in [0.25, 0.3) is 0 Å². The van der Waals surface area contributed by atoms with E-state index in [0.29, 0.717) is 6.42 Å². The molecular weight excluding hydrogens is 168 g/mol. The third kappa shape index (κ3) is 2.57. The Morgan fingerprint density at radius 2 is 2.38 bits per heavy atom. The first-order chi connectivity index (χ1) is 6.13. The van der Waals surface area contributed by atoms with E-state index in [9.17, 15) is 4.79 Å². The van der Waals surface area contributed by atoms with Crippen LogP contribution >= 0.6 is 0 Å². The molecule has 0 aromatic carbocycles. The zero-order valence-corrected chi connectivity index (χ0v) is 7.95. The molecule has 72 valence electrons. The third-order valence-corrected chi connectivity index (χ3v) is 1.95. The molecule has 0 unspecified atom stereocenters. The molecule has 0 amide bonds. The molecule has 1 heterocycles. The molecule has 1 N–H and O–H groups in total. The van der Waals surface area contributed by atoms with Gasteiger partial charge in [-0.15, -0.1) is 0 Å². The van der Waals surface area contributed by atoms with Crippen molar-refractivity contribution in [3.63, 3.8) is 0 Å². The van der Waals surface area contributed by atoms with Crippen LogP contribution in [-0.2, 0) is 24.7 Å². The summed E-state index contributed by atoms with van der Waals surface area (Å²) in [4.78, 5) is 10.3. The number of aliphatic carboxylic acids is 1.